The van der Waals surface area contributed by atoms with Crippen LogP contribution in [-0.2, 0) is 4.79 Å². The molecule has 8 nitrogen and oxygen atoms in total. The zero-order chi connectivity index (χ0) is 19.2. The summed E-state index contributed by atoms with van der Waals surface area (Å²) in [4.78, 5) is 32.3. The molecule has 0 aliphatic heterocycles. The highest BCUT2D eigenvalue weighted by Crippen LogP contribution is 2.19. The van der Waals surface area contributed by atoms with Gasteiger partial charge >= 0.3 is 0 Å². The number of carbonyl (C=O) groups excluding carboxylic acids is 2. The number of nitrogens with zero attached hydrogens (tertiary/aromatic N) is 4. The molecular weight excluding hydrogens is 364 g/mol. The first-order valence-electron chi connectivity index (χ1n) is 9.09. The van der Waals surface area contributed by atoms with E-state index in [2.05, 4.69) is 39.5 Å². The number of hydrogen-bond acceptors (Lipinski definition) is 6. The van der Waals surface area contributed by atoms with Crippen LogP contribution in [0.3, 0.4) is 0 Å². The van der Waals surface area contributed by atoms with Crippen molar-refractivity contribution < 1.29 is 9.59 Å². The molecule has 0 atom stereocenters. The van der Waals surface area contributed by atoms with E-state index in [1.807, 2.05) is 0 Å². The van der Waals surface area contributed by atoms with Gasteiger partial charge in [-0.2, -0.15) is 5.10 Å². The number of aromatic nitrogens is 4. The summed E-state index contributed by atoms with van der Waals surface area (Å²) in [6.07, 6.45) is 6.15. The van der Waals surface area contributed by atoms with Crippen molar-refractivity contribution >= 4 is 23.6 Å². The molecule has 1 aliphatic carbocycles. The van der Waals surface area contributed by atoms with Gasteiger partial charge in [-0.25, -0.2) is 14.6 Å². The SMILES string of the molecule is CC(C)CCNC(=O)CSc1cc(-n2ccc(C(=O)NC3CC3)n2)ncn1. The largest absolute Gasteiger partial charge is 0.355 e. The lowest BCUT2D eigenvalue weighted by molar-refractivity contribution is -0.118. The Labute approximate surface area is 162 Å². The van der Waals surface area contributed by atoms with E-state index in [1.165, 1.54) is 22.8 Å². The molecular formula is C18H24N6O2S. The van der Waals surface area contributed by atoms with Crippen molar-refractivity contribution in [1.29, 1.82) is 0 Å². The molecule has 3 rings (SSSR count). The predicted molar refractivity (Wildman–Crippen MR) is 103 cm³/mol. The first-order valence-corrected chi connectivity index (χ1v) is 10.1. The number of amides is 2. The van der Waals surface area contributed by atoms with Crippen molar-refractivity contribution in [2.75, 3.05) is 12.3 Å². The Morgan fingerprint density at radius 1 is 1.33 bits per heavy atom. The number of thioether (sulfide) groups is 1. The molecule has 0 saturated heterocycles. The molecule has 0 aromatic carbocycles. The van der Waals surface area contributed by atoms with Crippen LogP contribution in [0, 0.1) is 5.92 Å². The van der Waals surface area contributed by atoms with Gasteiger partial charge in [0.05, 0.1) is 5.75 Å². The van der Waals surface area contributed by atoms with Gasteiger partial charge in [0.25, 0.3) is 5.91 Å². The predicted octanol–water partition coefficient (Wildman–Crippen LogP) is 1.81. The molecule has 0 radical (unpaired) electrons. The van der Waals surface area contributed by atoms with Crippen LogP contribution in [0.15, 0.2) is 29.7 Å². The lowest BCUT2D eigenvalue weighted by Gasteiger charge is -2.07. The fourth-order valence-corrected chi connectivity index (χ4v) is 2.98. The molecule has 9 heteroatoms. The highest BCUT2D eigenvalue weighted by molar-refractivity contribution is 7.99. The molecule has 1 fully saturated rings. The van der Waals surface area contributed by atoms with E-state index in [-0.39, 0.29) is 17.9 Å². The second-order valence-corrected chi connectivity index (χ2v) is 7.92. The van der Waals surface area contributed by atoms with Crippen LogP contribution in [0.2, 0.25) is 0 Å². The van der Waals surface area contributed by atoms with Gasteiger partial charge in [0.2, 0.25) is 5.91 Å². The lowest BCUT2D eigenvalue weighted by Crippen LogP contribution is -2.26. The zero-order valence-corrected chi connectivity index (χ0v) is 16.3. The Balaban J connectivity index is 1.54. The Bertz CT molecular complexity index is 803. The summed E-state index contributed by atoms with van der Waals surface area (Å²) in [6, 6.07) is 3.70. The quantitative estimate of drug-likeness (QED) is 0.502. The minimum absolute atomic E-state index is 0.0149. The van der Waals surface area contributed by atoms with E-state index in [4.69, 9.17) is 0 Å². The number of carbonyl (C=O) groups is 2. The molecule has 2 aromatic rings. The van der Waals surface area contributed by atoms with Crippen LogP contribution in [0.5, 0.6) is 0 Å². The molecule has 27 heavy (non-hydrogen) atoms. The maximum absolute atomic E-state index is 12.0. The van der Waals surface area contributed by atoms with Crippen molar-refractivity contribution in [3.8, 4) is 5.82 Å². The molecule has 2 amide bonds. The van der Waals surface area contributed by atoms with E-state index in [0.717, 1.165) is 19.3 Å². The van der Waals surface area contributed by atoms with Gasteiger partial charge in [0.1, 0.15) is 11.4 Å². The second kappa shape index (κ2) is 8.98. The van der Waals surface area contributed by atoms with Gasteiger partial charge in [-0.15, -0.1) is 0 Å². The molecule has 2 aromatic heterocycles. The summed E-state index contributed by atoms with van der Waals surface area (Å²) in [6.45, 7) is 4.93. The minimum Gasteiger partial charge on any atom is -0.355 e. The minimum atomic E-state index is -0.169. The van der Waals surface area contributed by atoms with E-state index in [0.29, 0.717) is 34.8 Å². The van der Waals surface area contributed by atoms with E-state index < -0.39 is 0 Å². The summed E-state index contributed by atoms with van der Waals surface area (Å²) in [5.74, 6) is 1.23. The highest BCUT2D eigenvalue weighted by Gasteiger charge is 2.24. The third-order valence-corrected chi connectivity index (χ3v) is 4.92. The molecule has 1 saturated carbocycles. The summed E-state index contributed by atoms with van der Waals surface area (Å²) >= 11 is 1.34. The summed E-state index contributed by atoms with van der Waals surface area (Å²) in [7, 11) is 0. The van der Waals surface area contributed by atoms with Gasteiger partial charge < -0.3 is 10.6 Å². The maximum atomic E-state index is 12.0. The van der Waals surface area contributed by atoms with Crippen molar-refractivity contribution in [1.82, 2.24) is 30.4 Å². The van der Waals surface area contributed by atoms with Crippen LogP contribution in [-0.4, -0.2) is 49.9 Å². The van der Waals surface area contributed by atoms with E-state index in [9.17, 15) is 9.59 Å². The highest BCUT2D eigenvalue weighted by atomic mass is 32.2. The molecule has 2 heterocycles. The Kier molecular flexibility index (Phi) is 6.44. The third-order valence-electron chi connectivity index (χ3n) is 3.99. The smallest absolute Gasteiger partial charge is 0.272 e. The van der Waals surface area contributed by atoms with Crippen LogP contribution in [0.4, 0.5) is 0 Å². The summed E-state index contributed by atoms with van der Waals surface area (Å²) in [5, 5.41) is 10.8. The fraction of sp³-hybridized carbons (Fsp3) is 0.500. The Morgan fingerprint density at radius 2 is 2.15 bits per heavy atom. The van der Waals surface area contributed by atoms with Crippen LogP contribution in [0.25, 0.3) is 5.82 Å². The van der Waals surface area contributed by atoms with E-state index in [1.54, 1.807) is 18.3 Å². The normalized spacial score (nSPS) is 13.6. The van der Waals surface area contributed by atoms with Gasteiger partial charge in [0.15, 0.2) is 11.5 Å². The molecule has 2 N–H and O–H groups in total. The molecule has 0 spiro atoms. The lowest BCUT2D eigenvalue weighted by atomic mass is 10.1. The van der Waals surface area contributed by atoms with Gasteiger partial charge in [-0.05, 0) is 31.2 Å². The van der Waals surface area contributed by atoms with Gasteiger partial charge in [-0.1, -0.05) is 25.6 Å². The van der Waals surface area contributed by atoms with Crippen LogP contribution < -0.4 is 10.6 Å². The van der Waals surface area contributed by atoms with Gasteiger partial charge in [0, 0.05) is 24.8 Å². The first-order chi connectivity index (χ1) is 13.0. The molecule has 0 unspecified atom stereocenters. The average Bonchev–Trinajstić information content (AvgIpc) is 3.31. The van der Waals surface area contributed by atoms with E-state index >= 15 is 0 Å². The standard InChI is InChI=1S/C18H24N6O2S/c1-12(2)5-7-19-16(25)10-27-17-9-15(20-11-21-17)24-8-6-14(23-24)18(26)22-13-3-4-13/h6,8-9,11-13H,3-5,7,10H2,1-2H3,(H,19,25)(H,22,26). The third kappa shape index (κ3) is 6.06. The van der Waals surface area contributed by atoms with Crippen molar-refractivity contribution in [3.05, 3.63) is 30.4 Å². The maximum Gasteiger partial charge on any atom is 0.272 e. The first kappa shape index (κ1) is 19.3. The fourth-order valence-electron chi connectivity index (χ4n) is 2.28. The summed E-state index contributed by atoms with van der Waals surface area (Å²) < 4.78 is 1.54. The van der Waals surface area contributed by atoms with Crippen molar-refractivity contribution in [2.45, 2.75) is 44.2 Å². The molecule has 144 valence electrons. The average molecular weight is 388 g/mol. The zero-order valence-electron chi connectivity index (χ0n) is 15.5. The van der Waals surface area contributed by atoms with Crippen molar-refractivity contribution in [3.63, 3.8) is 0 Å². The van der Waals surface area contributed by atoms with Crippen LogP contribution >= 0.6 is 11.8 Å². The molecule has 1 aliphatic rings. The topological polar surface area (TPSA) is 102 Å². The summed E-state index contributed by atoms with van der Waals surface area (Å²) in [5.41, 5.74) is 0.360. The number of rotatable bonds is 9. The second-order valence-electron chi connectivity index (χ2n) is 6.93. The Hall–Kier alpha value is -2.42. The van der Waals surface area contributed by atoms with Crippen LogP contribution in [0.1, 0.15) is 43.6 Å². The van der Waals surface area contributed by atoms with Crippen molar-refractivity contribution in [2.24, 2.45) is 5.92 Å². The van der Waals surface area contributed by atoms with Gasteiger partial charge in [-0.3, -0.25) is 9.59 Å². The Morgan fingerprint density at radius 3 is 2.89 bits per heavy atom. The molecule has 0 bridgehead atoms. The number of hydrogen-bond donors (Lipinski definition) is 2. The monoisotopic (exact) mass is 388 g/mol. The number of nitrogens with one attached hydrogen (secondary N) is 2.